The van der Waals surface area contributed by atoms with Crippen molar-refractivity contribution in [3.8, 4) is 0 Å². The quantitative estimate of drug-likeness (QED) is 0.836. The lowest BCUT2D eigenvalue weighted by Gasteiger charge is -2.36. The summed E-state index contributed by atoms with van der Waals surface area (Å²) in [4.78, 5) is 0. The second kappa shape index (κ2) is 4.52. The van der Waals surface area contributed by atoms with Crippen molar-refractivity contribution in [1.82, 2.24) is 0 Å². The summed E-state index contributed by atoms with van der Waals surface area (Å²) in [6.07, 6.45) is 2.91. The van der Waals surface area contributed by atoms with Gasteiger partial charge in [0.05, 0.1) is 11.7 Å². The van der Waals surface area contributed by atoms with E-state index in [1.807, 2.05) is 0 Å². The number of hydrogen-bond acceptors (Lipinski definition) is 2. The molecule has 1 aliphatic rings. The van der Waals surface area contributed by atoms with Crippen LogP contribution in [0, 0.1) is 5.82 Å². The van der Waals surface area contributed by atoms with Crippen LogP contribution in [0.25, 0.3) is 0 Å². The molecule has 0 bridgehead atoms. The summed E-state index contributed by atoms with van der Waals surface area (Å²) in [7, 11) is 1.64. The third kappa shape index (κ3) is 2.11. The molecule has 1 saturated carbocycles. The second-order valence-electron chi connectivity index (χ2n) is 4.47. The molecule has 0 amide bonds. The van der Waals surface area contributed by atoms with Gasteiger partial charge < -0.3 is 9.84 Å². The van der Waals surface area contributed by atoms with Crippen LogP contribution in [0.2, 0.25) is 0 Å². The monoisotopic (exact) mass is 224 g/mol. The van der Waals surface area contributed by atoms with Crippen LogP contribution < -0.4 is 0 Å². The van der Waals surface area contributed by atoms with E-state index in [1.165, 1.54) is 6.07 Å². The zero-order valence-corrected chi connectivity index (χ0v) is 9.45. The van der Waals surface area contributed by atoms with Gasteiger partial charge in [-0.1, -0.05) is 18.2 Å². The third-order valence-electron chi connectivity index (χ3n) is 3.39. The van der Waals surface area contributed by atoms with E-state index < -0.39 is 5.60 Å². The fourth-order valence-corrected chi connectivity index (χ4v) is 2.49. The van der Waals surface area contributed by atoms with Crippen molar-refractivity contribution >= 4 is 0 Å². The Morgan fingerprint density at radius 1 is 1.44 bits per heavy atom. The summed E-state index contributed by atoms with van der Waals surface area (Å²) in [5, 5.41) is 10.5. The molecule has 1 aliphatic carbocycles. The molecule has 2 rings (SSSR count). The molecular weight excluding hydrogens is 207 g/mol. The molecule has 1 aromatic rings. The van der Waals surface area contributed by atoms with Gasteiger partial charge in [-0.05, 0) is 25.3 Å². The first-order valence-electron chi connectivity index (χ1n) is 5.66. The Morgan fingerprint density at radius 3 is 2.88 bits per heavy atom. The average molecular weight is 224 g/mol. The molecule has 0 aliphatic heterocycles. The van der Waals surface area contributed by atoms with Crippen molar-refractivity contribution in [3.63, 3.8) is 0 Å². The fourth-order valence-electron chi connectivity index (χ4n) is 2.49. The number of benzene rings is 1. The predicted molar refractivity (Wildman–Crippen MR) is 59.6 cm³/mol. The van der Waals surface area contributed by atoms with E-state index in [0.717, 1.165) is 12.8 Å². The highest BCUT2D eigenvalue weighted by molar-refractivity contribution is 5.25. The summed E-state index contributed by atoms with van der Waals surface area (Å²) in [5.41, 5.74) is -0.665. The van der Waals surface area contributed by atoms with Crippen LogP contribution in [0.5, 0.6) is 0 Å². The molecular formula is C13H17FO2. The van der Waals surface area contributed by atoms with Gasteiger partial charge >= 0.3 is 0 Å². The molecule has 0 heterocycles. The molecule has 0 spiro atoms. The molecule has 2 atom stereocenters. The van der Waals surface area contributed by atoms with Crippen LogP contribution >= 0.6 is 0 Å². The van der Waals surface area contributed by atoms with Crippen LogP contribution in [-0.4, -0.2) is 18.3 Å². The lowest BCUT2D eigenvalue weighted by atomic mass is 9.78. The molecule has 0 saturated heterocycles. The highest BCUT2D eigenvalue weighted by Gasteiger charge is 2.37. The summed E-state index contributed by atoms with van der Waals surface area (Å²) in [5.74, 6) is -0.332. The summed E-state index contributed by atoms with van der Waals surface area (Å²) in [6, 6.07) is 6.45. The second-order valence-corrected chi connectivity index (χ2v) is 4.47. The van der Waals surface area contributed by atoms with E-state index in [0.29, 0.717) is 18.4 Å². The highest BCUT2D eigenvalue weighted by Crippen LogP contribution is 2.38. The predicted octanol–water partition coefficient (Wildman–Crippen LogP) is 2.60. The topological polar surface area (TPSA) is 29.5 Å². The van der Waals surface area contributed by atoms with Gasteiger partial charge in [-0.25, -0.2) is 4.39 Å². The molecule has 0 aromatic heterocycles. The molecule has 3 heteroatoms. The molecule has 2 unspecified atom stereocenters. The van der Waals surface area contributed by atoms with Crippen molar-refractivity contribution in [2.45, 2.75) is 37.4 Å². The minimum atomic E-state index is -1.07. The van der Waals surface area contributed by atoms with Crippen LogP contribution in [0.4, 0.5) is 4.39 Å². The first-order chi connectivity index (χ1) is 7.65. The van der Waals surface area contributed by atoms with E-state index in [2.05, 4.69) is 0 Å². The maximum atomic E-state index is 13.6. The Labute approximate surface area is 95.1 Å². The van der Waals surface area contributed by atoms with Crippen molar-refractivity contribution in [2.75, 3.05) is 7.11 Å². The number of methoxy groups -OCH3 is 1. The first kappa shape index (κ1) is 11.6. The van der Waals surface area contributed by atoms with E-state index in [4.69, 9.17) is 4.74 Å². The Morgan fingerprint density at radius 2 is 2.19 bits per heavy atom. The zero-order chi connectivity index (χ0) is 11.6. The third-order valence-corrected chi connectivity index (χ3v) is 3.39. The van der Waals surface area contributed by atoms with Crippen LogP contribution in [-0.2, 0) is 10.3 Å². The average Bonchev–Trinajstić information content (AvgIpc) is 2.29. The van der Waals surface area contributed by atoms with Crippen LogP contribution in [0.1, 0.15) is 31.2 Å². The van der Waals surface area contributed by atoms with E-state index in [9.17, 15) is 9.50 Å². The largest absolute Gasteiger partial charge is 0.385 e. The normalized spacial score (nSPS) is 30.3. The lowest BCUT2D eigenvalue weighted by molar-refractivity contribution is -0.0650. The Hall–Kier alpha value is -0.930. The van der Waals surface area contributed by atoms with Crippen LogP contribution in [0.3, 0.4) is 0 Å². The maximum absolute atomic E-state index is 13.6. The minimum absolute atomic E-state index is 0.0263. The fraction of sp³-hybridized carbons (Fsp3) is 0.538. The van der Waals surface area contributed by atoms with Gasteiger partial charge in [0.15, 0.2) is 0 Å². The van der Waals surface area contributed by atoms with E-state index >= 15 is 0 Å². The van der Waals surface area contributed by atoms with E-state index in [-0.39, 0.29) is 11.9 Å². The summed E-state index contributed by atoms with van der Waals surface area (Å²) in [6.45, 7) is 0. The first-order valence-corrected chi connectivity index (χ1v) is 5.66. The standard InChI is InChI=1S/C13H17FO2/c1-16-10-5-4-8-13(15,9-10)11-6-2-3-7-12(11)14/h2-3,6-7,10,15H,4-5,8-9H2,1H3. The summed E-state index contributed by atoms with van der Waals surface area (Å²) < 4.78 is 18.9. The minimum Gasteiger partial charge on any atom is -0.385 e. The molecule has 0 radical (unpaired) electrons. The van der Waals surface area contributed by atoms with E-state index in [1.54, 1.807) is 25.3 Å². The number of ether oxygens (including phenoxy) is 1. The van der Waals surface area contributed by atoms with Crippen molar-refractivity contribution in [2.24, 2.45) is 0 Å². The number of rotatable bonds is 2. The number of aliphatic hydroxyl groups is 1. The van der Waals surface area contributed by atoms with Gasteiger partial charge in [0.2, 0.25) is 0 Å². The van der Waals surface area contributed by atoms with Crippen molar-refractivity contribution in [1.29, 1.82) is 0 Å². The van der Waals surface area contributed by atoms with Crippen molar-refractivity contribution in [3.05, 3.63) is 35.6 Å². The summed E-state index contributed by atoms with van der Waals surface area (Å²) >= 11 is 0. The van der Waals surface area contributed by atoms with Gasteiger partial charge in [-0.15, -0.1) is 0 Å². The van der Waals surface area contributed by atoms with Gasteiger partial charge in [0.1, 0.15) is 5.82 Å². The molecule has 1 fully saturated rings. The van der Waals surface area contributed by atoms with Crippen molar-refractivity contribution < 1.29 is 14.2 Å². The van der Waals surface area contributed by atoms with Gasteiger partial charge in [-0.2, -0.15) is 0 Å². The lowest BCUT2D eigenvalue weighted by Crippen LogP contribution is -2.36. The molecule has 88 valence electrons. The zero-order valence-electron chi connectivity index (χ0n) is 9.45. The van der Waals surface area contributed by atoms with Gasteiger partial charge in [0.25, 0.3) is 0 Å². The number of halogens is 1. The molecule has 16 heavy (non-hydrogen) atoms. The molecule has 1 N–H and O–H groups in total. The Kier molecular flexibility index (Phi) is 3.26. The highest BCUT2D eigenvalue weighted by atomic mass is 19.1. The Balaban J connectivity index is 2.27. The SMILES string of the molecule is COC1CCCC(O)(c2ccccc2F)C1. The smallest absolute Gasteiger partial charge is 0.129 e. The number of hydrogen-bond donors (Lipinski definition) is 1. The Bertz CT molecular complexity index is 367. The van der Waals surface area contributed by atoms with Gasteiger partial charge in [0, 0.05) is 19.1 Å². The van der Waals surface area contributed by atoms with Gasteiger partial charge in [-0.3, -0.25) is 0 Å². The maximum Gasteiger partial charge on any atom is 0.129 e. The molecule has 1 aromatic carbocycles. The van der Waals surface area contributed by atoms with Crippen LogP contribution in [0.15, 0.2) is 24.3 Å². The molecule has 2 nitrogen and oxygen atoms in total.